The summed E-state index contributed by atoms with van der Waals surface area (Å²) in [4.78, 5) is 12.0. The number of carbonyl (C=O) groups is 1. The monoisotopic (exact) mass is 366 g/mol. The van der Waals surface area contributed by atoms with Gasteiger partial charge in [0, 0.05) is 9.26 Å². The van der Waals surface area contributed by atoms with E-state index in [4.69, 9.17) is 5.73 Å². The van der Waals surface area contributed by atoms with Crippen LogP contribution in [0.5, 0.6) is 0 Å². The summed E-state index contributed by atoms with van der Waals surface area (Å²) in [5.74, 6) is -0.162. The maximum Gasteiger partial charge on any atom is 0.241 e. The van der Waals surface area contributed by atoms with Crippen molar-refractivity contribution in [3.8, 4) is 0 Å². The van der Waals surface area contributed by atoms with Gasteiger partial charge >= 0.3 is 0 Å². The minimum Gasteiger partial charge on any atom is -0.325 e. The number of halogens is 1. The van der Waals surface area contributed by atoms with Gasteiger partial charge in [0.2, 0.25) is 5.91 Å². The molecule has 3 nitrogen and oxygen atoms in total. The molecule has 98 valence electrons. The van der Waals surface area contributed by atoms with Gasteiger partial charge in [-0.25, -0.2) is 0 Å². The van der Waals surface area contributed by atoms with E-state index in [1.54, 1.807) is 0 Å². The maximum absolute atomic E-state index is 12.0. The molecule has 19 heavy (non-hydrogen) atoms. The van der Waals surface area contributed by atoms with Crippen LogP contribution < -0.4 is 11.1 Å². The summed E-state index contributed by atoms with van der Waals surface area (Å²) in [5, 5.41) is 2.82. The van der Waals surface area contributed by atoms with Crippen LogP contribution in [0.15, 0.2) is 54.6 Å². The number of anilines is 1. The Hall–Kier alpha value is -1.40. The summed E-state index contributed by atoms with van der Waals surface area (Å²) in [7, 11) is 0. The van der Waals surface area contributed by atoms with Crippen LogP contribution in [-0.4, -0.2) is 11.9 Å². The zero-order chi connectivity index (χ0) is 13.7. The highest BCUT2D eigenvalue weighted by atomic mass is 127. The van der Waals surface area contributed by atoms with Crippen LogP contribution in [0.3, 0.4) is 0 Å². The maximum atomic E-state index is 12.0. The van der Waals surface area contributed by atoms with Crippen molar-refractivity contribution in [2.45, 2.75) is 12.5 Å². The standard InChI is InChI=1S/C15H15IN2O/c16-12-6-8-13(9-7-12)18-15(19)14(17)10-11-4-2-1-3-5-11/h1-9,14H,10,17H2,(H,18,19). The van der Waals surface area contributed by atoms with Crippen LogP contribution in [0.2, 0.25) is 0 Å². The lowest BCUT2D eigenvalue weighted by Gasteiger charge is -2.12. The average molecular weight is 366 g/mol. The van der Waals surface area contributed by atoms with E-state index in [9.17, 15) is 4.79 Å². The smallest absolute Gasteiger partial charge is 0.241 e. The number of benzene rings is 2. The summed E-state index contributed by atoms with van der Waals surface area (Å²) >= 11 is 2.22. The fraction of sp³-hybridized carbons (Fsp3) is 0.133. The molecule has 0 saturated carbocycles. The van der Waals surface area contributed by atoms with E-state index in [0.29, 0.717) is 6.42 Å². The zero-order valence-corrected chi connectivity index (χ0v) is 12.5. The topological polar surface area (TPSA) is 55.1 Å². The summed E-state index contributed by atoms with van der Waals surface area (Å²) in [5.41, 5.74) is 7.75. The van der Waals surface area contributed by atoms with E-state index in [-0.39, 0.29) is 5.91 Å². The van der Waals surface area contributed by atoms with Gasteiger partial charge in [-0.2, -0.15) is 0 Å². The normalized spacial score (nSPS) is 11.9. The molecule has 0 spiro atoms. The highest BCUT2D eigenvalue weighted by Crippen LogP contribution is 2.11. The van der Waals surface area contributed by atoms with Crippen LogP contribution in [0.25, 0.3) is 0 Å². The first kappa shape index (κ1) is 14.0. The number of carbonyl (C=O) groups excluding carboxylic acids is 1. The van der Waals surface area contributed by atoms with Gasteiger partial charge in [-0.05, 0) is 58.8 Å². The molecule has 1 unspecified atom stereocenters. The first-order valence-electron chi connectivity index (χ1n) is 6.01. The molecular weight excluding hydrogens is 351 g/mol. The number of hydrogen-bond acceptors (Lipinski definition) is 2. The van der Waals surface area contributed by atoms with Crippen molar-refractivity contribution in [2.24, 2.45) is 5.73 Å². The molecule has 0 bridgehead atoms. The van der Waals surface area contributed by atoms with E-state index < -0.39 is 6.04 Å². The van der Waals surface area contributed by atoms with Gasteiger partial charge in [0.25, 0.3) is 0 Å². The zero-order valence-electron chi connectivity index (χ0n) is 10.3. The molecule has 0 aromatic heterocycles. The van der Waals surface area contributed by atoms with Crippen molar-refractivity contribution in [1.29, 1.82) is 0 Å². The predicted molar refractivity (Wildman–Crippen MR) is 85.9 cm³/mol. The molecule has 0 aliphatic heterocycles. The van der Waals surface area contributed by atoms with Crippen LogP contribution in [0.1, 0.15) is 5.56 Å². The van der Waals surface area contributed by atoms with E-state index in [1.165, 1.54) is 0 Å². The third kappa shape index (κ3) is 4.33. The number of rotatable bonds is 4. The first-order chi connectivity index (χ1) is 9.15. The van der Waals surface area contributed by atoms with Gasteiger partial charge in [0.15, 0.2) is 0 Å². The van der Waals surface area contributed by atoms with Gasteiger partial charge in [0.05, 0.1) is 6.04 Å². The lowest BCUT2D eigenvalue weighted by Crippen LogP contribution is -2.37. The molecule has 4 heteroatoms. The lowest BCUT2D eigenvalue weighted by atomic mass is 10.1. The molecule has 0 aliphatic rings. The third-order valence-corrected chi connectivity index (χ3v) is 3.47. The molecule has 0 fully saturated rings. The SMILES string of the molecule is NC(Cc1ccccc1)C(=O)Nc1ccc(I)cc1. The van der Waals surface area contributed by atoms with Crippen LogP contribution in [0.4, 0.5) is 5.69 Å². The number of nitrogens with two attached hydrogens (primary N) is 1. The summed E-state index contributed by atoms with van der Waals surface area (Å²) in [6.45, 7) is 0. The average Bonchev–Trinajstić information content (AvgIpc) is 2.42. The summed E-state index contributed by atoms with van der Waals surface area (Å²) in [6.07, 6.45) is 0.539. The second-order valence-electron chi connectivity index (χ2n) is 4.29. The van der Waals surface area contributed by atoms with Crippen molar-refractivity contribution in [1.82, 2.24) is 0 Å². The molecular formula is C15H15IN2O. The molecule has 2 rings (SSSR count). The first-order valence-corrected chi connectivity index (χ1v) is 7.09. The van der Waals surface area contributed by atoms with E-state index in [2.05, 4.69) is 27.9 Å². The molecule has 0 heterocycles. The van der Waals surface area contributed by atoms with Gasteiger partial charge < -0.3 is 11.1 Å². The second-order valence-corrected chi connectivity index (χ2v) is 5.54. The van der Waals surface area contributed by atoms with Crippen molar-refractivity contribution >= 4 is 34.2 Å². The van der Waals surface area contributed by atoms with Gasteiger partial charge in [0.1, 0.15) is 0 Å². The molecule has 1 atom stereocenters. The summed E-state index contributed by atoms with van der Waals surface area (Å²) < 4.78 is 1.13. The Balaban J connectivity index is 1.94. The van der Waals surface area contributed by atoms with Crippen molar-refractivity contribution in [3.63, 3.8) is 0 Å². The Morgan fingerprint density at radius 1 is 1.11 bits per heavy atom. The fourth-order valence-corrected chi connectivity index (χ4v) is 2.09. The Morgan fingerprint density at radius 3 is 2.37 bits per heavy atom. The van der Waals surface area contributed by atoms with E-state index >= 15 is 0 Å². The van der Waals surface area contributed by atoms with Crippen LogP contribution in [0, 0.1) is 3.57 Å². The highest BCUT2D eigenvalue weighted by molar-refractivity contribution is 14.1. The Morgan fingerprint density at radius 2 is 1.74 bits per heavy atom. The van der Waals surface area contributed by atoms with Gasteiger partial charge in [-0.15, -0.1) is 0 Å². The Bertz CT molecular complexity index is 540. The third-order valence-electron chi connectivity index (χ3n) is 2.75. The molecule has 0 radical (unpaired) electrons. The number of hydrogen-bond donors (Lipinski definition) is 2. The van der Waals surface area contributed by atoms with Crippen LogP contribution >= 0.6 is 22.6 Å². The largest absolute Gasteiger partial charge is 0.325 e. The number of nitrogens with one attached hydrogen (secondary N) is 1. The highest BCUT2D eigenvalue weighted by Gasteiger charge is 2.13. The molecule has 1 amide bonds. The lowest BCUT2D eigenvalue weighted by molar-refractivity contribution is -0.117. The number of amides is 1. The van der Waals surface area contributed by atoms with E-state index in [1.807, 2.05) is 54.6 Å². The van der Waals surface area contributed by atoms with Gasteiger partial charge in [-0.1, -0.05) is 30.3 Å². The molecule has 0 aliphatic carbocycles. The van der Waals surface area contributed by atoms with Crippen molar-refractivity contribution in [3.05, 3.63) is 63.7 Å². The van der Waals surface area contributed by atoms with Crippen molar-refractivity contribution < 1.29 is 4.79 Å². The molecule has 2 aromatic carbocycles. The predicted octanol–water partition coefficient (Wildman–Crippen LogP) is 2.80. The summed E-state index contributed by atoms with van der Waals surface area (Å²) in [6, 6.07) is 16.9. The van der Waals surface area contributed by atoms with E-state index in [0.717, 1.165) is 14.8 Å². The minimum absolute atomic E-state index is 0.162. The quantitative estimate of drug-likeness (QED) is 0.818. The Labute approximate surface area is 126 Å². The van der Waals surface area contributed by atoms with Crippen molar-refractivity contribution in [2.75, 3.05) is 5.32 Å². The molecule has 0 saturated heterocycles. The fourth-order valence-electron chi connectivity index (χ4n) is 1.73. The molecule has 2 aromatic rings. The second kappa shape index (κ2) is 6.68. The van der Waals surface area contributed by atoms with Crippen LogP contribution in [-0.2, 0) is 11.2 Å². The van der Waals surface area contributed by atoms with Gasteiger partial charge in [-0.3, -0.25) is 4.79 Å². The molecule has 3 N–H and O–H groups in total. The minimum atomic E-state index is -0.540. The Kier molecular flexibility index (Phi) is 4.93.